The zero-order chi connectivity index (χ0) is 16.1. The number of piperidine rings is 3. The number of halogens is 2. The maximum atomic E-state index is 14.3. The van der Waals surface area contributed by atoms with Gasteiger partial charge in [0.1, 0.15) is 0 Å². The van der Waals surface area contributed by atoms with Crippen molar-refractivity contribution in [3.63, 3.8) is 0 Å². The number of carboxylic acid groups (broad SMARTS) is 1. The van der Waals surface area contributed by atoms with Crippen LogP contribution in [0.4, 0.5) is 8.78 Å². The summed E-state index contributed by atoms with van der Waals surface area (Å²) < 4.78 is 28.0. The predicted molar refractivity (Wildman–Crippen MR) is 80.2 cm³/mol. The van der Waals surface area contributed by atoms with E-state index in [1.54, 1.807) is 12.1 Å². The molecule has 1 aromatic rings. The highest BCUT2D eigenvalue weighted by Gasteiger charge is 2.54. The Labute approximate surface area is 133 Å². The number of likely N-dealkylation sites (tertiary alicyclic amines) is 1. The Morgan fingerprint density at radius 2 is 1.96 bits per heavy atom. The fraction of sp³-hybridized carbons (Fsp3) is 0.588. The lowest BCUT2D eigenvalue weighted by atomic mass is 9.75. The first-order chi connectivity index (χ1) is 11.1. The van der Waals surface area contributed by atoms with E-state index in [0.29, 0.717) is 18.0 Å². The molecule has 4 heterocycles. The van der Waals surface area contributed by atoms with E-state index < -0.39 is 17.6 Å². The molecule has 5 rings (SSSR count). The zero-order valence-electron chi connectivity index (χ0n) is 12.8. The second-order valence-corrected chi connectivity index (χ2v) is 6.93. The van der Waals surface area contributed by atoms with Crippen molar-refractivity contribution in [3.05, 3.63) is 35.4 Å². The van der Waals surface area contributed by atoms with Crippen LogP contribution in [0.25, 0.3) is 0 Å². The maximum Gasteiger partial charge on any atom is 0.317 e. The highest BCUT2D eigenvalue weighted by molar-refractivity contribution is 5.69. The van der Waals surface area contributed by atoms with Crippen LogP contribution < -0.4 is 0 Å². The molecule has 3 atom stereocenters. The van der Waals surface area contributed by atoms with E-state index >= 15 is 0 Å². The van der Waals surface area contributed by atoms with Crippen LogP contribution in [0.3, 0.4) is 0 Å². The summed E-state index contributed by atoms with van der Waals surface area (Å²) in [6.07, 6.45) is 2.13. The first kappa shape index (κ1) is 15.0. The third kappa shape index (κ3) is 2.35. The number of nitrogens with zero attached hydrogens (tertiary/aromatic N) is 2. The standard InChI is InChI=1S/C17H20F2N2O2/c18-13-3-1-2-11(15(13)19)12-8-21(9-14(22)23)16-10-4-6-20(7-5-10)17(12)16/h1-3,10,12,16-17H,4-9H2,(H,22,23)/t12-,16+,17+/m1/s1. The van der Waals surface area contributed by atoms with Gasteiger partial charge in [0, 0.05) is 24.5 Å². The van der Waals surface area contributed by atoms with E-state index in [9.17, 15) is 18.7 Å². The minimum Gasteiger partial charge on any atom is -0.480 e. The Balaban J connectivity index is 1.72. The molecule has 124 valence electrons. The van der Waals surface area contributed by atoms with Gasteiger partial charge in [-0.3, -0.25) is 14.6 Å². The van der Waals surface area contributed by atoms with Crippen molar-refractivity contribution < 1.29 is 18.7 Å². The predicted octanol–water partition coefficient (Wildman–Crippen LogP) is 1.91. The number of aliphatic carboxylic acids is 1. The summed E-state index contributed by atoms with van der Waals surface area (Å²) in [4.78, 5) is 15.5. The average molecular weight is 322 g/mol. The highest BCUT2D eigenvalue weighted by atomic mass is 19.2. The Hall–Kier alpha value is -1.53. The molecule has 0 aromatic heterocycles. The molecular weight excluding hydrogens is 302 g/mol. The van der Waals surface area contributed by atoms with E-state index in [2.05, 4.69) is 4.90 Å². The van der Waals surface area contributed by atoms with Crippen molar-refractivity contribution in [1.82, 2.24) is 9.80 Å². The number of carboxylic acids is 1. The van der Waals surface area contributed by atoms with E-state index in [1.165, 1.54) is 0 Å². The zero-order valence-corrected chi connectivity index (χ0v) is 12.8. The molecule has 4 aliphatic heterocycles. The van der Waals surface area contributed by atoms with Crippen LogP contribution >= 0.6 is 0 Å². The third-order valence-electron chi connectivity index (χ3n) is 5.81. The van der Waals surface area contributed by atoms with Gasteiger partial charge >= 0.3 is 5.97 Å². The van der Waals surface area contributed by atoms with Crippen molar-refractivity contribution in [2.24, 2.45) is 5.92 Å². The van der Waals surface area contributed by atoms with Gasteiger partial charge in [-0.05, 0) is 43.5 Å². The Kier molecular flexibility index (Phi) is 3.61. The number of benzene rings is 1. The molecule has 23 heavy (non-hydrogen) atoms. The first-order valence-corrected chi connectivity index (χ1v) is 8.20. The lowest BCUT2D eigenvalue weighted by Crippen LogP contribution is -2.60. The first-order valence-electron chi connectivity index (χ1n) is 8.20. The van der Waals surface area contributed by atoms with Crippen molar-refractivity contribution >= 4 is 5.97 Å². The lowest BCUT2D eigenvalue weighted by Gasteiger charge is -2.51. The molecule has 0 saturated carbocycles. The molecule has 4 saturated heterocycles. The topological polar surface area (TPSA) is 43.8 Å². The van der Waals surface area contributed by atoms with Crippen LogP contribution in [0.5, 0.6) is 0 Å². The molecule has 0 radical (unpaired) electrons. The smallest absolute Gasteiger partial charge is 0.317 e. The van der Waals surface area contributed by atoms with E-state index in [0.717, 1.165) is 32.0 Å². The number of hydrogen-bond acceptors (Lipinski definition) is 3. The molecule has 0 unspecified atom stereocenters. The third-order valence-corrected chi connectivity index (χ3v) is 5.81. The van der Waals surface area contributed by atoms with Gasteiger partial charge in [0.25, 0.3) is 0 Å². The van der Waals surface area contributed by atoms with Crippen LogP contribution in [-0.2, 0) is 4.79 Å². The second-order valence-electron chi connectivity index (χ2n) is 6.93. The SMILES string of the molecule is O=C(O)CN1C[C@H](c2cccc(F)c2F)[C@H]2[C@@H]1C1CCN2CC1. The van der Waals surface area contributed by atoms with Gasteiger partial charge in [-0.1, -0.05) is 12.1 Å². The monoisotopic (exact) mass is 322 g/mol. The second kappa shape index (κ2) is 5.53. The fourth-order valence-electron chi connectivity index (χ4n) is 4.98. The molecule has 4 nitrogen and oxygen atoms in total. The van der Waals surface area contributed by atoms with Crippen molar-refractivity contribution in [2.45, 2.75) is 30.8 Å². The molecule has 4 aliphatic rings. The van der Waals surface area contributed by atoms with Gasteiger partial charge in [0.15, 0.2) is 11.6 Å². The maximum absolute atomic E-state index is 14.3. The summed E-state index contributed by atoms with van der Waals surface area (Å²) in [6.45, 7) is 2.40. The Morgan fingerprint density at radius 3 is 2.65 bits per heavy atom. The molecule has 2 bridgehead atoms. The summed E-state index contributed by atoms with van der Waals surface area (Å²) in [5.41, 5.74) is 0.389. The largest absolute Gasteiger partial charge is 0.480 e. The summed E-state index contributed by atoms with van der Waals surface area (Å²) in [5.74, 6) is -2.17. The fourth-order valence-corrected chi connectivity index (χ4v) is 4.98. The van der Waals surface area contributed by atoms with Gasteiger partial charge < -0.3 is 5.11 Å². The molecule has 0 amide bonds. The minimum absolute atomic E-state index is 0.0288. The van der Waals surface area contributed by atoms with E-state index in [-0.39, 0.29) is 24.5 Å². The Bertz CT molecular complexity index is 631. The van der Waals surface area contributed by atoms with Crippen LogP contribution in [0.15, 0.2) is 18.2 Å². The summed E-state index contributed by atoms with van der Waals surface area (Å²) >= 11 is 0. The van der Waals surface area contributed by atoms with Crippen molar-refractivity contribution in [3.8, 4) is 0 Å². The summed E-state index contributed by atoms with van der Waals surface area (Å²) in [6, 6.07) is 4.56. The van der Waals surface area contributed by atoms with Gasteiger partial charge in [0.2, 0.25) is 0 Å². The average Bonchev–Trinajstić information content (AvgIpc) is 2.92. The lowest BCUT2D eigenvalue weighted by molar-refractivity contribution is -0.139. The van der Waals surface area contributed by atoms with Crippen LogP contribution in [0.1, 0.15) is 24.3 Å². The molecule has 0 spiro atoms. The normalized spacial score (nSPS) is 36.2. The van der Waals surface area contributed by atoms with Gasteiger partial charge in [0.05, 0.1) is 6.54 Å². The summed E-state index contributed by atoms with van der Waals surface area (Å²) in [7, 11) is 0. The highest BCUT2D eigenvalue weighted by Crippen LogP contribution is 2.46. The van der Waals surface area contributed by atoms with Crippen LogP contribution in [-0.4, -0.2) is 59.1 Å². The molecule has 1 aromatic carbocycles. The minimum atomic E-state index is -0.861. The molecule has 1 N–H and O–H groups in total. The molecule has 6 heteroatoms. The summed E-state index contributed by atoms with van der Waals surface area (Å²) in [5, 5.41) is 9.20. The number of carbonyl (C=O) groups is 1. The van der Waals surface area contributed by atoms with Crippen LogP contribution in [0.2, 0.25) is 0 Å². The Morgan fingerprint density at radius 1 is 1.22 bits per heavy atom. The quantitative estimate of drug-likeness (QED) is 0.923. The molecule has 0 aliphatic carbocycles. The number of fused-ring (bicyclic) bond motifs is 2. The number of rotatable bonds is 3. The number of hydrogen-bond donors (Lipinski definition) is 1. The van der Waals surface area contributed by atoms with Crippen LogP contribution in [0, 0.1) is 17.6 Å². The van der Waals surface area contributed by atoms with Gasteiger partial charge in [-0.2, -0.15) is 0 Å². The van der Waals surface area contributed by atoms with Gasteiger partial charge in [-0.15, -0.1) is 0 Å². The van der Waals surface area contributed by atoms with Gasteiger partial charge in [-0.25, -0.2) is 8.78 Å². The van der Waals surface area contributed by atoms with Crippen molar-refractivity contribution in [1.29, 1.82) is 0 Å². The molecule has 4 fully saturated rings. The van der Waals surface area contributed by atoms with E-state index in [4.69, 9.17) is 0 Å². The van der Waals surface area contributed by atoms with E-state index in [1.807, 2.05) is 4.90 Å². The van der Waals surface area contributed by atoms with Crippen molar-refractivity contribution in [2.75, 3.05) is 26.2 Å². The molecular formula is C17H20F2N2O2.